The second kappa shape index (κ2) is 9.48. The zero-order valence-electron chi connectivity index (χ0n) is 15.4. The lowest BCUT2D eigenvalue weighted by Crippen LogP contribution is -2.46. The van der Waals surface area contributed by atoms with Crippen LogP contribution in [-0.2, 0) is 20.0 Å². The minimum Gasteiger partial charge on any atom is -0.317 e. The van der Waals surface area contributed by atoms with E-state index < -0.39 is 20.0 Å². The molecular weight excluding hydrogens is 398 g/mol. The molecule has 7 nitrogen and oxygen atoms in total. The summed E-state index contributed by atoms with van der Waals surface area (Å²) < 4.78 is 54.1. The van der Waals surface area contributed by atoms with E-state index in [2.05, 4.69) is 10.0 Å². The minimum atomic E-state index is -3.66. The van der Waals surface area contributed by atoms with Gasteiger partial charge in [0.25, 0.3) is 0 Å². The number of nitrogens with zero attached hydrogens (tertiary/aromatic N) is 1. The van der Waals surface area contributed by atoms with Gasteiger partial charge in [-0.05, 0) is 70.1 Å². The van der Waals surface area contributed by atoms with Gasteiger partial charge >= 0.3 is 0 Å². The maximum absolute atomic E-state index is 13.1. The van der Waals surface area contributed by atoms with E-state index in [1.54, 1.807) is 11.2 Å². The molecule has 10 heteroatoms. The SMILES string of the molecule is CCCN(C1CCNCC1)S(=O)(=O)c1ccc(S(=O)(=O)NC)c(C)c1.Cl. The molecule has 0 saturated carbocycles. The van der Waals surface area contributed by atoms with Gasteiger partial charge < -0.3 is 5.32 Å². The summed E-state index contributed by atoms with van der Waals surface area (Å²) >= 11 is 0. The highest BCUT2D eigenvalue weighted by molar-refractivity contribution is 7.89. The first-order valence-corrected chi connectivity index (χ1v) is 11.4. The van der Waals surface area contributed by atoms with Gasteiger partial charge in [0, 0.05) is 12.6 Å². The fourth-order valence-electron chi connectivity index (χ4n) is 3.14. The van der Waals surface area contributed by atoms with Crippen molar-refractivity contribution in [3.05, 3.63) is 23.8 Å². The van der Waals surface area contributed by atoms with E-state index in [9.17, 15) is 16.8 Å². The Hall–Kier alpha value is -0.710. The van der Waals surface area contributed by atoms with Crippen LogP contribution in [0.5, 0.6) is 0 Å². The van der Waals surface area contributed by atoms with Crippen LogP contribution < -0.4 is 10.0 Å². The minimum absolute atomic E-state index is 0. The lowest BCUT2D eigenvalue weighted by molar-refractivity contribution is 0.262. The summed E-state index contributed by atoms with van der Waals surface area (Å²) in [5.74, 6) is 0. The van der Waals surface area contributed by atoms with Crippen LogP contribution in [0.3, 0.4) is 0 Å². The average molecular weight is 426 g/mol. The highest BCUT2D eigenvalue weighted by atomic mass is 35.5. The van der Waals surface area contributed by atoms with Crippen molar-refractivity contribution < 1.29 is 16.8 Å². The van der Waals surface area contributed by atoms with E-state index in [-0.39, 0.29) is 28.2 Å². The molecule has 1 aromatic carbocycles. The number of hydrogen-bond donors (Lipinski definition) is 2. The lowest BCUT2D eigenvalue weighted by atomic mass is 10.1. The maximum atomic E-state index is 13.1. The Bertz CT molecular complexity index is 807. The van der Waals surface area contributed by atoms with Crippen LogP contribution in [0, 0.1) is 6.92 Å². The van der Waals surface area contributed by atoms with E-state index in [1.165, 1.54) is 25.2 Å². The van der Waals surface area contributed by atoms with E-state index in [1.807, 2.05) is 6.92 Å². The number of rotatable bonds is 7. The molecule has 1 aliphatic heterocycles. The molecule has 0 atom stereocenters. The highest BCUT2D eigenvalue weighted by Gasteiger charge is 2.32. The van der Waals surface area contributed by atoms with Crippen molar-refractivity contribution in [1.29, 1.82) is 0 Å². The molecule has 2 N–H and O–H groups in total. The molecule has 0 unspecified atom stereocenters. The summed E-state index contributed by atoms with van der Waals surface area (Å²) in [5.41, 5.74) is 0.414. The van der Waals surface area contributed by atoms with Gasteiger partial charge in [0.05, 0.1) is 9.79 Å². The largest absolute Gasteiger partial charge is 0.317 e. The first-order valence-electron chi connectivity index (χ1n) is 8.50. The van der Waals surface area contributed by atoms with Crippen molar-refractivity contribution in [3.8, 4) is 0 Å². The smallest absolute Gasteiger partial charge is 0.243 e. The summed E-state index contributed by atoms with van der Waals surface area (Å²) in [5, 5.41) is 3.25. The van der Waals surface area contributed by atoms with Crippen LogP contribution in [0.1, 0.15) is 31.7 Å². The highest BCUT2D eigenvalue weighted by Crippen LogP contribution is 2.26. The second-order valence-corrected chi connectivity index (χ2v) is 9.98. The molecule has 0 spiro atoms. The van der Waals surface area contributed by atoms with Crippen molar-refractivity contribution in [2.24, 2.45) is 0 Å². The topological polar surface area (TPSA) is 95.6 Å². The van der Waals surface area contributed by atoms with Gasteiger partial charge in [-0.1, -0.05) is 6.92 Å². The van der Waals surface area contributed by atoms with E-state index in [4.69, 9.17) is 0 Å². The molecule has 26 heavy (non-hydrogen) atoms. The number of nitrogens with one attached hydrogen (secondary N) is 2. The molecule has 1 aliphatic rings. The number of aryl methyl sites for hydroxylation is 1. The maximum Gasteiger partial charge on any atom is 0.243 e. The number of hydrogen-bond acceptors (Lipinski definition) is 5. The number of sulfonamides is 2. The monoisotopic (exact) mass is 425 g/mol. The number of halogens is 1. The van der Waals surface area contributed by atoms with Crippen molar-refractivity contribution >= 4 is 32.5 Å². The average Bonchev–Trinajstić information content (AvgIpc) is 2.60. The fraction of sp³-hybridized carbons (Fsp3) is 0.625. The summed E-state index contributed by atoms with van der Waals surface area (Å²) in [4.78, 5) is 0.241. The summed E-state index contributed by atoms with van der Waals surface area (Å²) in [6, 6.07) is 4.17. The normalized spacial score (nSPS) is 16.5. The lowest BCUT2D eigenvalue weighted by Gasteiger charge is -2.33. The van der Waals surface area contributed by atoms with Crippen LogP contribution in [0.4, 0.5) is 0 Å². The quantitative estimate of drug-likeness (QED) is 0.689. The zero-order chi connectivity index (χ0) is 18.7. The molecule has 0 radical (unpaired) electrons. The van der Waals surface area contributed by atoms with Crippen molar-refractivity contribution in [1.82, 2.24) is 14.3 Å². The Morgan fingerprint density at radius 3 is 2.31 bits per heavy atom. The van der Waals surface area contributed by atoms with Gasteiger partial charge in [0.1, 0.15) is 0 Å². The third kappa shape index (κ3) is 4.96. The third-order valence-corrected chi connectivity index (χ3v) is 7.99. The Morgan fingerprint density at radius 1 is 1.19 bits per heavy atom. The van der Waals surface area contributed by atoms with Gasteiger partial charge in [0.2, 0.25) is 20.0 Å². The molecule has 1 fully saturated rings. The first kappa shape index (κ1) is 23.3. The Kier molecular flexibility index (Phi) is 8.50. The van der Waals surface area contributed by atoms with Crippen LogP contribution in [0.15, 0.2) is 28.0 Å². The molecule has 0 bridgehead atoms. The molecule has 1 heterocycles. The van der Waals surface area contributed by atoms with E-state index in [0.29, 0.717) is 12.1 Å². The van der Waals surface area contributed by atoms with Crippen LogP contribution in [-0.4, -0.2) is 53.9 Å². The van der Waals surface area contributed by atoms with E-state index in [0.717, 1.165) is 32.4 Å². The molecule has 0 aromatic heterocycles. The molecule has 150 valence electrons. The fourth-order valence-corrected chi connectivity index (χ4v) is 5.96. The van der Waals surface area contributed by atoms with Gasteiger partial charge in [-0.15, -0.1) is 12.4 Å². The molecule has 0 aliphatic carbocycles. The second-order valence-electron chi connectivity index (χ2n) is 6.23. The zero-order valence-corrected chi connectivity index (χ0v) is 17.8. The molecule has 2 rings (SSSR count). The molecule has 1 aromatic rings. The standard InChI is InChI=1S/C16H27N3O4S2.ClH/c1-4-11-19(14-7-9-18-10-8-14)25(22,23)15-5-6-16(13(2)12-15)24(20,21)17-3;/h5-6,12,14,17-18H,4,7-11H2,1-3H3;1H. The molecule has 1 saturated heterocycles. The molecule has 0 amide bonds. The van der Waals surface area contributed by atoms with Crippen LogP contribution in [0.25, 0.3) is 0 Å². The van der Waals surface area contributed by atoms with Gasteiger partial charge in [0.15, 0.2) is 0 Å². The molecular formula is C16H28ClN3O4S2. The Morgan fingerprint density at radius 2 is 1.81 bits per heavy atom. The number of benzene rings is 1. The van der Waals surface area contributed by atoms with Gasteiger partial charge in [-0.2, -0.15) is 4.31 Å². The predicted octanol–water partition coefficient (Wildman–Crippen LogP) is 1.48. The van der Waals surface area contributed by atoms with Gasteiger partial charge in [-0.3, -0.25) is 0 Å². The van der Waals surface area contributed by atoms with Gasteiger partial charge in [-0.25, -0.2) is 21.6 Å². The van der Waals surface area contributed by atoms with E-state index >= 15 is 0 Å². The summed E-state index contributed by atoms with van der Waals surface area (Å²) in [7, 11) is -5.94. The Balaban J connectivity index is 0.00000338. The van der Waals surface area contributed by atoms with Crippen molar-refractivity contribution in [3.63, 3.8) is 0 Å². The third-order valence-electron chi connectivity index (χ3n) is 4.47. The summed E-state index contributed by atoms with van der Waals surface area (Å²) in [6.07, 6.45) is 2.29. The first-order chi connectivity index (χ1) is 11.7. The van der Waals surface area contributed by atoms with Crippen LogP contribution >= 0.6 is 12.4 Å². The number of piperidine rings is 1. The predicted molar refractivity (Wildman–Crippen MR) is 105 cm³/mol. The van der Waals surface area contributed by atoms with Crippen molar-refractivity contribution in [2.45, 2.75) is 48.9 Å². The van der Waals surface area contributed by atoms with Crippen LogP contribution in [0.2, 0.25) is 0 Å². The van der Waals surface area contributed by atoms with Crippen molar-refractivity contribution in [2.75, 3.05) is 26.7 Å². The Labute approximate surface area is 163 Å². The summed E-state index contributed by atoms with van der Waals surface area (Å²) in [6.45, 7) is 5.63.